The maximum absolute atomic E-state index is 12.9. The third-order valence-corrected chi connectivity index (χ3v) is 2.48. The largest absolute Gasteiger partial charge is 0.495 e. The van der Waals surface area contributed by atoms with Gasteiger partial charge in [0.1, 0.15) is 5.75 Å². The van der Waals surface area contributed by atoms with Crippen molar-refractivity contribution in [2.75, 3.05) is 7.11 Å². The summed E-state index contributed by atoms with van der Waals surface area (Å²) < 4.78 is 43.4. The van der Waals surface area contributed by atoms with Gasteiger partial charge in [-0.3, -0.25) is 4.98 Å². The molecule has 7 heteroatoms. The summed E-state index contributed by atoms with van der Waals surface area (Å²) in [6, 6.07) is -0.472. The molecule has 0 aliphatic rings. The second kappa shape index (κ2) is 4.50. The van der Waals surface area contributed by atoms with E-state index in [9.17, 15) is 18.3 Å². The lowest BCUT2D eigenvalue weighted by atomic mass is 9.88. The molecule has 0 radical (unpaired) electrons. The van der Waals surface area contributed by atoms with E-state index >= 15 is 0 Å². The number of methoxy groups -OCH3 is 1. The van der Waals surface area contributed by atoms with Crippen LogP contribution in [0.4, 0.5) is 13.2 Å². The monoisotopic (exact) mass is 250 g/mol. The molecular weight excluding hydrogens is 237 g/mol. The van der Waals surface area contributed by atoms with Crippen LogP contribution >= 0.6 is 0 Å². The highest BCUT2D eigenvalue weighted by molar-refractivity contribution is 5.30. The van der Waals surface area contributed by atoms with Crippen molar-refractivity contribution >= 4 is 0 Å². The van der Waals surface area contributed by atoms with Gasteiger partial charge in [-0.1, -0.05) is 0 Å². The minimum absolute atomic E-state index is 0.117. The van der Waals surface area contributed by atoms with E-state index in [2.05, 4.69) is 4.98 Å². The Balaban J connectivity index is 3.33. The summed E-state index contributed by atoms with van der Waals surface area (Å²) >= 11 is 0. The Hall–Kier alpha value is -1.34. The lowest BCUT2D eigenvalue weighted by molar-refractivity contribution is -0.273. The van der Waals surface area contributed by atoms with E-state index in [4.69, 9.17) is 10.5 Å². The van der Waals surface area contributed by atoms with Crippen molar-refractivity contribution in [1.82, 2.24) is 4.98 Å². The zero-order valence-corrected chi connectivity index (χ0v) is 9.32. The third kappa shape index (κ3) is 2.34. The van der Waals surface area contributed by atoms with Crippen LogP contribution in [0.25, 0.3) is 0 Å². The maximum Gasteiger partial charge on any atom is 0.423 e. The minimum Gasteiger partial charge on any atom is -0.495 e. The molecule has 0 aliphatic heterocycles. The second-order valence-corrected chi connectivity index (χ2v) is 3.67. The van der Waals surface area contributed by atoms with Gasteiger partial charge < -0.3 is 15.6 Å². The average Bonchev–Trinajstić information content (AvgIpc) is 2.26. The van der Waals surface area contributed by atoms with Gasteiger partial charge in [0.2, 0.25) is 5.60 Å². The second-order valence-electron chi connectivity index (χ2n) is 3.67. The number of hydrogen-bond donors (Lipinski definition) is 2. The van der Waals surface area contributed by atoms with Crippen molar-refractivity contribution in [1.29, 1.82) is 0 Å². The molecule has 96 valence electrons. The fourth-order valence-electron chi connectivity index (χ4n) is 1.42. The Bertz CT molecular complexity index is 395. The summed E-state index contributed by atoms with van der Waals surface area (Å²) in [6.07, 6.45) is -2.74. The van der Waals surface area contributed by atoms with Crippen LogP contribution in [0.1, 0.15) is 12.5 Å². The summed E-state index contributed by atoms with van der Waals surface area (Å²) in [4.78, 5) is 3.58. The van der Waals surface area contributed by atoms with E-state index < -0.39 is 23.4 Å². The number of alkyl halides is 3. The smallest absolute Gasteiger partial charge is 0.423 e. The molecule has 3 N–H and O–H groups in total. The number of ether oxygens (including phenoxy) is 1. The third-order valence-electron chi connectivity index (χ3n) is 2.48. The molecule has 0 bridgehead atoms. The quantitative estimate of drug-likeness (QED) is 0.845. The molecule has 1 rings (SSSR count). The fourth-order valence-corrected chi connectivity index (χ4v) is 1.42. The van der Waals surface area contributed by atoms with Crippen LogP contribution in [0.5, 0.6) is 5.75 Å². The Labute approximate surface area is 96.2 Å². The molecule has 1 aromatic rings. The molecule has 0 spiro atoms. The summed E-state index contributed by atoms with van der Waals surface area (Å²) in [6.45, 7) is 1.08. The molecule has 0 saturated heterocycles. The standard InChI is InChI=1S/C10H13F3N2O2/c1-6(14)9(16,10(11,12)13)7-3-8(17-2)5-15-4-7/h3-6,16H,14H2,1-2H3. The predicted octanol–water partition coefficient (Wildman–Crippen LogP) is 1.19. The van der Waals surface area contributed by atoms with E-state index in [1.54, 1.807) is 0 Å². The first kappa shape index (κ1) is 13.7. The highest BCUT2D eigenvalue weighted by atomic mass is 19.4. The number of halogens is 3. The number of nitrogens with zero attached hydrogens (tertiary/aromatic N) is 1. The van der Waals surface area contributed by atoms with Gasteiger partial charge in [-0.25, -0.2) is 0 Å². The Kier molecular flexibility index (Phi) is 3.63. The molecule has 2 atom stereocenters. The summed E-state index contributed by atoms with van der Waals surface area (Å²) in [7, 11) is 1.29. The van der Waals surface area contributed by atoms with Crippen LogP contribution in [-0.2, 0) is 5.60 Å². The van der Waals surface area contributed by atoms with Gasteiger partial charge in [-0.05, 0) is 13.0 Å². The molecule has 2 unspecified atom stereocenters. The molecule has 17 heavy (non-hydrogen) atoms. The van der Waals surface area contributed by atoms with Crippen molar-refractivity contribution in [2.24, 2.45) is 5.73 Å². The minimum atomic E-state index is -4.89. The maximum atomic E-state index is 12.9. The summed E-state index contributed by atoms with van der Waals surface area (Å²) in [5, 5.41) is 9.77. The van der Waals surface area contributed by atoms with Crippen molar-refractivity contribution < 1.29 is 23.0 Å². The first-order valence-electron chi connectivity index (χ1n) is 4.77. The van der Waals surface area contributed by atoms with Gasteiger partial charge in [-0.2, -0.15) is 13.2 Å². The van der Waals surface area contributed by atoms with Gasteiger partial charge in [0.05, 0.1) is 13.3 Å². The number of hydrogen-bond acceptors (Lipinski definition) is 4. The molecule has 4 nitrogen and oxygen atoms in total. The van der Waals surface area contributed by atoms with E-state index in [0.29, 0.717) is 0 Å². The van der Waals surface area contributed by atoms with E-state index in [-0.39, 0.29) is 5.75 Å². The molecule has 0 aromatic carbocycles. The van der Waals surface area contributed by atoms with Crippen LogP contribution < -0.4 is 10.5 Å². The number of pyridine rings is 1. The van der Waals surface area contributed by atoms with Crippen molar-refractivity contribution in [2.45, 2.75) is 24.7 Å². The van der Waals surface area contributed by atoms with Gasteiger partial charge in [0.25, 0.3) is 0 Å². The fraction of sp³-hybridized carbons (Fsp3) is 0.500. The van der Waals surface area contributed by atoms with Gasteiger partial charge in [-0.15, -0.1) is 0 Å². The average molecular weight is 250 g/mol. The molecular formula is C10H13F3N2O2. The predicted molar refractivity (Wildman–Crippen MR) is 54.4 cm³/mol. The van der Waals surface area contributed by atoms with Gasteiger partial charge in [0, 0.05) is 17.8 Å². The molecule has 0 aliphatic carbocycles. The van der Waals surface area contributed by atoms with Crippen molar-refractivity contribution in [3.8, 4) is 5.75 Å². The Morgan fingerprint density at radius 2 is 2.00 bits per heavy atom. The molecule has 0 saturated carbocycles. The first-order chi connectivity index (χ1) is 7.73. The van der Waals surface area contributed by atoms with Crippen LogP contribution in [0, 0.1) is 0 Å². The molecule has 0 fully saturated rings. The Morgan fingerprint density at radius 1 is 1.41 bits per heavy atom. The molecule has 1 heterocycles. The lowest BCUT2D eigenvalue weighted by Crippen LogP contribution is -2.54. The van der Waals surface area contributed by atoms with E-state index in [1.165, 1.54) is 13.3 Å². The van der Waals surface area contributed by atoms with E-state index in [0.717, 1.165) is 19.2 Å². The highest BCUT2D eigenvalue weighted by Gasteiger charge is 2.57. The molecule has 1 aromatic heterocycles. The highest BCUT2D eigenvalue weighted by Crippen LogP contribution is 2.41. The topological polar surface area (TPSA) is 68.4 Å². The van der Waals surface area contributed by atoms with Crippen molar-refractivity contribution in [3.63, 3.8) is 0 Å². The SMILES string of the molecule is COc1cncc(C(O)(C(C)N)C(F)(F)F)c1. The van der Waals surface area contributed by atoms with Gasteiger partial charge in [0.15, 0.2) is 0 Å². The van der Waals surface area contributed by atoms with Gasteiger partial charge >= 0.3 is 6.18 Å². The summed E-state index contributed by atoms with van der Waals surface area (Å²) in [5.41, 5.74) is 1.65. The number of aliphatic hydroxyl groups is 1. The normalized spacial score (nSPS) is 17.4. The number of nitrogens with two attached hydrogens (primary N) is 1. The lowest BCUT2D eigenvalue weighted by Gasteiger charge is -2.34. The van der Waals surface area contributed by atoms with Crippen LogP contribution in [0.15, 0.2) is 18.5 Å². The van der Waals surface area contributed by atoms with Crippen LogP contribution in [0.3, 0.4) is 0 Å². The Morgan fingerprint density at radius 3 is 2.41 bits per heavy atom. The zero-order chi connectivity index (χ0) is 13.3. The molecule has 0 amide bonds. The number of aromatic nitrogens is 1. The summed E-state index contributed by atoms with van der Waals surface area (Å²) in [5.74, 6) is 0.117. The zero-order valence-electron chi connectivity index (χ0n) is 9.32. The number of rotatable bonds is 3. The van der Waals surface area contributed by atoms with Crippen LogP contribution in [-0.4, -0.2) is 29.4 Å². The first-order valence-corrected chi connectivity index (χ1v) is 4.77. The van der Waals surface area contributed by atoms with E-state index in [1.807, 2.05) is 0 Å². The van der Waals surface area contributed by atoms with Crippen LogP contribution in [0.2, 0.25) is 0 Å². The van der Waals surface area contributed by atoms with Crippen molar-refractivity contribution in [3.05, 3.63) is 24.0 Å².